The fourth-order valence-corrected chi connectivity index (χ4v) is 3.27. The second-order valence-electron chi connectivity index (χ2n) is 6.29. The second-order valence-corrected chi connectivity index (χ2v) is 6.29. The molecule has 1 aliphatic carbocycles. The fourth-order valence-electron chi connectivity index (χ4n) is 3.27. The van der Waals surface area contributed by atoms with Gasteiger partial charge in [0, 0.05) is 23.2 Å². The predicted octanol–water partition coefficient (Wildman–Crippen LogP) is 3.98. The molecular weight excluding hydrogens is 345 g/mol. The highest BCUT2D eigenvalue weighted by Crippen LogP contribution is 2.36. The Bertz CT molecular complexity index is 1070. The number of carbonyl (C=O) groups excluding carboxylic acids is 2. The Morgan fingerprint density at radius 3 is 2.44 bits per heavy atom. The van der Waals surface area contributed by atoms with Crippen molar-refractivity contribution in [3.8, 4) is 16.9 Å². The van der Waals surface area contributed by atoms with Crippen LogP contribution in [0.5, 0.6) is 5.75 Å². The van der Waals surface area contributed by atoms with Crippen LogP contribution >= 0.6 is 0 Å². The molecule has 3 aromatic rings. The molecule has 27 heavy (non-hydrogen) atoms. The van der Waals surface area contributed by atoms with Gasteiger partial charge in [0.1, 0.15) is 0 Å². The molecule has 0 fully saturated rings. The minimum absolute atomic E-state index is 0.0764. The highest BCUT2D eigenvalue weighted by molar-refractivity contribution is 6.22. The normalized spacial score (nSPS) is 11.7. The van der Waals surface area contributed by atoms with Crippen molar-refractivity contribution in [1.29, 1.82) is 0 Å². The summed E-state index contributed by atoms with van der Waals surface area (Å²) >= 11 is 0. The molecule has 0 unspecified atom stereocenters. The van der Waals surface area contributed by atoms with Gasteiger partial charge in [0.05, 0.1) is 7.11 Å². The lowest BCUT2D eigenvalue weighted by atomic mass is 10.0. The van der Waals surface area contributed by atoms with E-state index in [1.54, 1.807) is 30.3 Å². The molecule has 134 valence electrons. The van der Waals surface area contributed by atoms with Crippen LogP contribution in [0.3, 0.4) is 0 Å². The van der Waals surface area contributed by atoms with Gasteiger partial charge in [-0.05, 0) is 41.0 Å². The van der Waals surface area contributed by atoms with E-state index in [1.807, 2.05) is 18.2 Å². The van der Waals surface area contributed by atoms with E-state index in [-0.39, 0.29) is 24.0 Å². The van der Waals surface area contributed by atoms with Crippen LogP contribution in [0.2, 0.25) is 0 Å². The van der Waals surface area contributed by atoms with Crippen LogP contribution in [0.15, 0.2) is 60.7 Å². The van der Waals surface area contributed by atoms with Crippen LogP contribution in [-0.4, -0.2) is 18.8 Å². The zero-order valence-electron chi connectivity index (χ0n) is 14.6. The van der Waals surface area contributed by atoms with Crippen LogP contribution in [0.1, 0.15) is 31.8 Å². The minimum atomic E-state index is -0.481. The maximum absolute atomic E-state index is 13.7. The average Bonchev–Trinajstić information content (AvgIpc) is 2.98. The number of hydrogen-bond acceptors (Lipinski definition) is 3. The molecule has 4 nitrogen and oxygen atoms in total. The molecule has 0 aliphatic heterocycles. The molecule has 0 aromatic heterocycles. The van der Waals surface area contributed by atoms with Gasteiger partial charge in [-0.2, -0.15) is 0 Å². The van der Waals surface area contributed by atoms with Crippen LogP contribution in [-0.2, 0) is 6.54 Å². The first-order valence-corrected chi connectivity index (χ1v) is 8.47. The smallest absolute Gasteiger partial charge is 0.251 e. The van der Waals surface area contributed by atoms with Gasteiger partial charge in [-0.3, -0.25) is 9.59 Å². The summed E-state index contributed by atoms with van der Waals surface area (Å²) in [5.74, 6) is -0.725. The Kier molecular flexibility index (Phi) is 4.20. The SMILES string of the molecule is COc1ccc(CNC(=O)c2ccc3c(c2)C(=O)c2ccccc2-3)cc1F. The number of halogens is 1. The third-order valence-corrected chi connectivity index (χ3v) is 4.66. The third kappa shape index (κ3) is 2.97. The molecule has 0 heterocycles. The second kappa shape index (κ2) is 6.68. The van der Waals surface area contributed by atoms with E-state index in [2.05, 4.69) is 5.32 Å². The summed E-state index contributed by atoms with van der Waals surface area (Å²) < 4.78 is 18.6. The van der Waals surface area contributed by atoms with Crippen LogP contribution in [0, 0.1) is 5.82 Å². The monoisotopic (exact) mass is 361 g/mol. The lowest BCUT2D eigenvalue weighted by molar-refractivity contribution is 0.0951. The van der Waals surface area contributed by atoms with Crippen molar-refractivity contribution in [3.05, 3.63) is 88.7 Å². The standard InChI is InChI=1S/C22H16FNO3/c1-27-20-9-6-13(10-19(20)23)12-24-22(26)14-7-8-16-15-4-2-3-5-17(15)21(25)18(16)11-14/h2-11H,12H2,1H3,(H,24,26). The van der Waals surface area contributed by atoms with Crippen molar-refractivity contribution in [3.63, 3.8) is 0 Å². The van der Waals surface area contributed by atoms with Crippen molar-refractivity contribution >= 4 is 11.7 Å². The molecule has 0 saturated carbocycles. The quantitative estimate of drug-likeness (QED) is 0.598. The fraction of sp³-hybridized carbons (Fsp3) is 0.0909. The largest absolute Gasteiger partial charge is 0.494 e. The van der Waals surface area contributed by atoms with Gasteiger partial charge in [-0.15, -0.1) is 0 Å². The van der Waals surface area contributed by atoms with Gasteiger partial charge < -0.3 is 10.1 Å². The summed E-state index contributed by atoms with van der Waals surface area (Å²) in [4.78, 5) is 25.0. The van der Waals surface area contributed by atoms with Gasteiger partial charge in [-0.25, -0.2) is 4.39 Å². The highest BCUT2D eigenvalue weighted by Gasteiger charge is 2.26. The number of hydrogen-bond donors (Lipinski definition) is 1. The first-order chi connectivity index (χ1) is 13.1. The van der Waals surface area contributed by atoms with Gasteiger partial charge in [0.15, 0.2) is 17.3 Å². The number of ketones is 1. The number of rotatable bonds is 4. The summed E-state index contributed by atoms with van der Waals surface area (Å²) in [7, 11) is 1.40. The first kappa shape index (κ1) is 17.0. The van der Waals surface area contributed by atoms with Gasteiger partial charge >= 0.3 is 0 Å². The first-order valence-electron chi connectivity index (χ1n) is 8.47. The molecule has 0 bridgehead atoms. The van der Waals surface area contributed by atoms with E-state index < -0.39 is 5.82 Å². The molecule has 1 N–H and O–H groups in total. The summed E-state index contributed by atoms with van der Waals surface area (Å²) in [5.41, 5.74) is 3.91. The van der Waals surface area contributed by atoms with Gasteiger partial charge in [0.2, 0.25) is 0 Å². The summed E-state index contributed by atoms with van der Waals surface area (Å²) in [6.45, 7) is 0.172. The molecule has 0 atom stereocenters. The lowest BCUT2D eigenvalue weighted by Crippen LogP contribution is -2.23. The van der Waals surface area contributed by atoms with Crippen LogP contribution < -0.4 is 10.1 Å². The molecule has 5 heteroatoms. The van der Waals surface area contributed by atoms with E-state index in [4.69, 9.17) is 4.74 Å². The van der Waals surface area contributed by atoms with E-state index in [0.29, 0.717) is 22.3 Å². The maximum Gasteiger partial charge on any atom is 0.251 e. The number of ether oxygens (including phenoxy) is 1. The minimum Gasteiger partial charge on any atom is -0.494 e. The highest BCUT2D eigenvalue weighted by atomic mass is 19.1. The number of amides is 1. The summed E-state index contributed by atoms with van der Waals surface area (Å²) in [6.07, 6.45) is 0. The van der Waals surface area contributed by atoms with Crippen molar-refractivity contribution in [2.24, 2.45) is 0 Å². The van der Waals surface area contributed by atoms with Gasteiger partial charge in [-0.1, -0.05) is 36.4 Å². The Morgan fingerprint density at radius 1 is 0.963 bits per heavy atom. The topological polar surface area (TPSA) is 55.4 Å². The van der Waals surface area contributed by atoms with Crippen LogP contribution in [0.4, 0.5) is 4.39 Å². The number of nitrogens with one attached hydrogen (secondary N) is 1. The lowest BCUT2D eigenvalue weighted by Gasteiger charge is -2.08. The summed E-state index contributed by atoms with van der Waals surface area (Å²) in [5, 5.41) is 2.75. The Morgan fingerprint density at radius 2 is 1.70 bits per heavy atom. The Hall–Kier alpha value is -3.47. The molecule has 3 aromatic carbocycles. The molecular formula is C22H16FNO3. The number of carbonyl (C=O) groups is 2. The molecule has 0 spiro atoms. The zero-order chi connectivity index (χ0) is 19.0. The number of fused-ring (bicyclic) bond motifs is 3. The zero-order valence-corrected chi connectivity index (χ0v) is 14.6. The van der Waals surface area contributed by atoms with Crippen molar-refractivity contribution in [2.45, 2.75) is 6.54 Å². The maximum atomic E-state index is 13.7. The van der Waals surface area contributed by atoms with E-state index >= 15 is 0 Å². The molecule has 1 aliphatic rings. The molecule has 4 rings (SSSR count). The van der Waals surface area contributed by atoms with E-state index in [9.17, 15) is 14.0 Å². The van der Waals surface area contributed by atoms with Gasteiger partial charge in [0.25, 0.3) is 5.91 Å². The summed E-state index contributed by atoms with van der Waals surface area (Å²) in [6, 6.07) is 17.0. The number of methoxy groups -OCH3 is 1. The Labute approximate surface area is 155 Å². The average molecular weight is 361 g/mol. The van der Waals surface area contributed by atoms with Crippen LogP contribution in [0.25, 0.3) is 11.1 Å². The third-order valence-electron chi connectivity index (χ3n) is 4.66. The molecule has 0 saturated heterocycles. The van der Waals surface area contributed by atoms with E-state index in [0.717, 1.165) is 11.1 Å². The van der Waals surface area contributed by atoms with Crippen molar-refractivity contribution in [2.75, 3.05) is 7.11 Å². The Balaban J connectivity index is 1.52. The number of benzene rings is 3. The van der Waals surface area contributed by atoms with Crippen molar-refractivity contribution in [1.82, 2.24) is 5.32 Å². The predicted molar refractivity (Wildman–Crippen MR) is 99.4 cm³/mol. The van der Waals surface area contributed by atoms with E-state index in [1.165, 1.54) is 19.2 Å². The van der Waals surface area contributed by atoms with Crippen molar-refractivity contribution < 1.29 is 18.7 Å². The molecule has 1 amide bonds. The molecule has 0 radical (unpaired) electrons.